The first kappa shape index (κ1) is 33.0. The summed E-state index contributed by atoms with van der Waals surface area (Å²) >= 11 is 3.91. The Morgan fingerprint density at radius 2 is 1.42 bits per heavy atom. The van der Waals surface area contributed by atoms with Crippen LogP contribution in [0, 0.1) is 11.8 Å². The Balaban J connectivity index is 0.871. The van der Waals surface area contributed by atoms with Gasteiger partial charge in [0.25, 0.3) is 0 Å². The molecule has 272 valence electrons. The number of nitrogens with one attached hydrogen (secondary N) is 1. The summed E-state index contributed by atoms with van der Waals surface area (Å²) in [6.07, 6.45) is 12.9. The first-order valence-electron chi connectivity index (χ1n) is 19.7. The molecular weight excluding hydrogens is 733 g/mol. The molecule has 0 bridgehead atoms. The fraction of sp³-hybridized carbons (Fsp3) is 0.0980. The zero-order valence-electron chi connectivity index (χ0n) is 30.9. The van der Waals surface area contributed by atoms with Gasteiger partial charge >= 0.3 is 0 Å². The highest BCUT2D eigenvalue weighted by atomic mass is 32.2. The van der Waals surface area contributed by atoms with Crippen LogP contribution in [0.4, 0.5) is 0 Å². The van der Waals surface area contributed by atoms with E-state index in [0.29, 0.717) is 11.2 Å². The van der Waals surface area contributed by atoms with Crippen molar-refractivity contribution in [2.75, 3.05) is 0 Å². The second kappa shape index (κ2) is 13.2. The minimum atomic E-state index is -0.275. The van der Waals surface area contributed by atoms with Crippen molar-refractivity contribution in [1.82, 2.24) is 9.88 Å². The maximum absolute atomic E-state index is 5.22. The summed E-state index contributed by atoms with van der Waals surface area (Å²) in [6, 6.07) is 52.2. The molecule has 8 aromatic rings. The number of benzene rings is 6. The van der Waals surface area contributed by atoms with E-state index in [1.807, 2.05) is 35.2 Å². The number of amidine groups is 2. The second-order valence-corrected chi connectivity index (χ2v) is 17.5. The summed E-state index contributed by atoms with van der Waals surface area (Å²) in [5, 5.41) is 9.26. The Kier molecular flexibility index (Phi) is 7.63. The van der Waals surface area contributed by atoms with Gasteiger partial charge in [0, 0.05) is 64.2 Å². The molecule has 0 amide bonds. The maximum Gasteiger partial charge on any atom is 0.169 e. The summed E-state index contributed by atoms with van der Waals surface area (Å²) < 4.78 is 5.06. The van der Waals surface area contributed by atoms with Crippen LogP contribution >= 0.6 is 23.1 Å². The van der Waals surface area contributed by atoms with Gasteiger partial charge in [0.15, 0.2) is 6.17 Å². The maximum atomic E-state index is 5.22. The molecule has 4 unspecified atom stereocenters. The van der Waals surface area contributed by atoms with Gasteiger partial charge < -0.3 is 9.88 Å². The number of hydrogen-bond acceptors (Lipinski definition) is 5. The van der Waals surface area contributed by atoms with Crippen molar-refractivity contribution in [2.24, 2.45) is 21.8 Å². The van der Waals surface area contributed by atoms with Crippen LogP contribution < -0.4 is 5.32 Å². The summed E-state index contributed by atoms with van der Waals surface area (Å²) in [4.78, 5) is 11.7. The molecule has 0 spiro atoms. The number of aliphatic imine (C=N–C) groups is 2. The smallest absolute Gasteiger partial charge is 0.169 e. The lowest BCUT2D eigenvalue weighted by atomic mass is 9.82. The largest absolute Gasteiger partial charge is 0.328 e. The van der Waals surface area contributed by atoms with E-state index in [2.05, 4.69) is 174 Å². The van der Waals surface area contributed by atoms with Gasteiger partial charge in [0.1, 0.15) is 11.7 Å². The Morgan fingerprint density at radius 1 is 0.667 bits per heavy atom. The Bertz CT molecular complexity index is 3070. The molecule has 4 atom stereocenters. The zero-order valence-corrected chi connectivity index (χ0v) is 32.6. The first-order chi connectivity index (χ1) is 28.2. The lowest BCUT2D eigenvalue weighted by Gasteiger charge is -2.28. The number of thiophene rings is 1. The van der Waals surface area contributed by atoms with Crippen LogP contribution in [0.5, 0.6) is 0 Å². The first-order valence-corrected chi connectivity index (χ1v) is 21.4. The number of para-hydroxylation sites is 2. The van der Waals surface area contributed by atoms with Gasteiger partial charge in [0.05, 0.1) is 11.0 Å². The summed E-state index contributed by atoms with van der Waals surface area (Å²) in [5.74, 6) is 2.35. The number of hydrogen-bond donors (Lipinski definition) is 1. The van der Waals surface area contributed by atoms with Crippen LogP contribution in [0.3, 0.4) is 0 Å². The quantitative estimate of drug-likeness (QED) is 0.189. The molecule has 2 aliphatic heterocycles. The second-order valence-electron chi connectivity index (χ2n) is 15.2. The normalized spacial score (nSPS) is 21.4. The van der Waals surface area contributed by atoms with E-state index < -0.39 is 0 Å². The molecule has 4 heterocycles. The van der Waals surface area contributed by atoms with E-state index in [1.54, 1.807) is 0 Å². The average molecular weight is 769 g/mol. The van der Waals surface area contributed by atoms with Crippen LogP contribution in [0.25, 0.3) is 53.2 Å². The molecule has 2 aliphatic carbocycles. The van der Waals surface area contributed by atoms with Gasteiger partial charge in [-0.05, 0) is 59.0 Å². The molecule has 1 N–H and O–H groups in total. The fourth-order valence-corrected chi connectivity index (χ4v) is 11.8. The average Bonchev–Trinajstić information content (AvgIpc) is 3.95. The van der Waals surface area contributed by atoms with Crippen molar-refractivity contribution in [3.63, 3.8) is 0 Å². The summed E-state index contributed by atoms with van der Waals surface area (Å²) in [5.41, 5.74) is 9.91. The highest BCUT2D eigenvalue weighted by molar-refractivity contribution is 8.04. The number of rotatable bonds is 5. The van der Waals surface area contributed by atoms with Crippen LogP contribution in [-0.2, 0) is 0 Å². The van der Waals surface area contributed by atoms with Gasteiger partial charge in [0.2, 0.25) is 0 Å². The highest BCUT2D eigenvalue weighted by Gasteiger charge is 2.38. The topological polar surface area (TPSA) is 41.7 Å². The predicted octanol–water partition coefficient (Wildman–Crippen LogP) is 12.8. The molecule has 12 rings (SSSR count). The van der Waals surface area contributed by atoms with Gasteiger partial charge in [-0.3, -0.25) is 0 Å². The molecule has 6 heteroatoms. The molecule has 4 nitrogen and oxygen atoms in total. The number of allylic oxidation sites excluding steroid dienone is 5. The number of fused-ring (bicyclic) bond motifs is 9. The van der Waals surface area contributed by atoms with Crippen molar-refractivity contribution in [1.29, 1.82) is 0 Å². The SMILES string of the molecule is C1=CC2C3=CC(C4=NC(c5ccccc5)N=C(c5ccccc5)N4)CC=C3SC2C=C1c1cccc2sc3cc(-n4c5ccccc5c5ccccc54)ccc3c12. The van der Waals surface area contributed by atoms with Gasteiger partial charge in [-0.15, -0.1) is 23.1 Å². The van der Waals surface area contributed by atoms with E-state index in [0.717, 1.165) is 29.2 Å². The van der Waals surface area contributed by atoms with Crippen molar-refractivity contribution in [2.45, 2.75) is 17.8 Å². The van der Waals surface area contributed by atoms with Crippen molar-refractivity contribution in [3.8, 4) is 5.69 Å². The Labute approximate surface area is 339 Å². The van der Waals surface area contributed by atoms with Gasteiger partial charge in [-0.1, -0.05) is 146 Å². The lowest BCUT2D eigenvalue weighted by Crippen LogP contribution is -2.39. The third-order valence-electron chi connectivity index (χ3n) is 11.9. The molecule has 2 aromatic heterocycles. The molecule has 1 fully saturated rings. The monoisotopic (exact) mass is 768 g/mol. The minimum Gasteiger partial charge on any atom is -0.328 e. The van der Waals surface area contributed by atoms with E-state index in [4.69, 9.17) is 9.98 Å². The number of aromatic nitrogens is 1. The van der Waals surface area contributed by atoms with E-state index in [-0.39, 0.29) is 12.1 Å². The van der Waals surface area contributed by atoms with Crippen LogP contribution in [0.1, 0.15) is 29.3 Å². The number of thioether (sulfide) groups is 1. The van der Waals surface area contributed by atoms with Crippen molar-refractivity contribution >= 4 is 82.3 Å². The van der Waals surface area contributed by atoms with E-state index in [9.17, 15) is 0 Å². The van der Waals surface area contributed by atoms with Crippen molar-refractivity contribution in [3.05, 3.63) is 203 Å². The summed E-state index contributed by atoms with van der Waals surface area (Å²) in [6.45, 7) is 0. The van der Waals surface area contributed by atoms with Crippen LogP contribution in [0.2, 0.25) is 0 Å². The van der Waals surface area contributed by atoms with Gasteiger partial charge in [-0.25, -0.2) is 9.98 Å². The number of nitrogens with zero attached hydrogens (tertiary/aromatic N) is 3. The molecule has 57 heavy (non-hydrogen) atoms. The highest BCUT2D eigenvalue weighted by Crippen LogP contribution is 2.53. The third-order valence-corrected chi connectivity index (χ3v) is 14.4. The molecule has 6 aromatic carbocycles. The molecule has 4 aliphatic rings. The van der Waals surface area contributed by atoms with E-state index >= 15 is 0 Å². The van der Waals surface area contributed by atoms with Crippen LogP contribution in [-0.4, -0.2) is 21.5 Å². The lowest BCUT2D eigenvalue weighted by molar-refractivity contribution is 0.711. The van der Waals surface area contributed by atoms with Crippen molar-refractivity contribution < 1.29 is 0 Å². The summed E-state index contributed by atoms with van der Waals surface area (Å²) in [7, 11) is 0. The molecular formula is C51H36N4S2. The predicted molar refractivity (Wildman–Crippen MR) is 243 cm³/mol. The molecule has 0 radical (unpaired) electrons. The Morgan fingerprint density at radius 3 is 2.23 bits per heavy atom. The van der Waals surface area contributed by atoms with Crippen LogP contribution in [0.15, 0.2) is 196 Å². The minimum absolute atomic E-state index is 0.153. The molecule has 1 saturated heterocycles. The van der Waals surface area contributed by atoms with E-state index in [1.165, 1.54) is 69.3 Å². The molecule has 0 saturated carbocycles. The zero-order chi connectivity index (χ0) is 37.5. The van der Waals surface area contributed by atoms with Gasteiger partial charge in [-0.2, -0.15) is 0 Å². The Hall–Kier alpha value is -6.21. The third kappa shape index (κ3) is 5.42. The standard InChI is InChI=1S/C51H36N4S2/c1-3-12-31(13-4-1)49-52-50(32-14-5-2-6-15-32)54-51(53-49)34-23-27-44-41(28-34)39-25-22-33(29-46(39)56-44)36-18-11-21-45-48(36)40-26-24-35(30-47(40)57-45)55-42-19-9-7-16-37(42)38-17-8-10-20-43(38)55/h1-22,24-30,34,39,46,49H,23H2,(H,52,53,54). The fourth-order valence-electron chi connectivity index (χ4n) is 9.24.